The molecule has 0 heterocycles. The van der Waals surface area contributed by atoms with Crippen molar-refractivity contribution < 1.29 is 9.90 Å². The quantitative estimate of drug-likeness (QED) is 0.737. The van der Waals surface area contributed by atoms with Crippen LogP contribution in [0.2, 0.25) is 0 Å². The summed E-state index contributed by atoms with van der Waals surface area (Å²) < 4.78 is 0. The summed E-state index contributed by atoms with van der Waals surface area (Å²) in [6.07, 6.45) is 2.96. The van der Waals surface area contributed by atoms with Crippen molar-refractivity contribution >= 4 is 5.91 Å². The Kier molecular flexibility index (Phi) is 7.38. The minimum atomic E-state index is -0.625. The second kappa shape index (κ2) is 9.11. The van der Waals surface area contributed by atoms with Gasteiger partial charge >= 0.3 is 0 Å². The minimum absolute atomic E-state index is 0.125. The van der Waals surface area contributed by atoms with Crippen LogP contribution >= 0.6 is 0 Å². The summed E-state index contributed by atoms with van der Waals surface area (Å²) in [4.78, 5) is 13.8. The summed E-state index contributed by atoms with van der Waals surface area (Å²) in [5.74, 6) is -0.749. The zero-order valence-corrected chi connectivity index (χ0v) is 12.0. The lowest BCUT2D eigenvalue weighted by molar-refractivity contribution is -0.132. The van der Waals surface area contributed by atoms with Crippen LogP contribution in [0.5, 0.6) is 0 Å². The van der Waals surface area contributed by atoms with Gasteiger partial charge in [-0.1, -0.05) is 30.3 Å². The van der Waals surface area contributed by atoms with Gasteiger partial charge in [0.05, 0.1) is 6.07 Å². The van der Waals surface area contributed by atoms with Gasteiger partial charge < -0.3 is 10.0 Å². The van der Waals surface area contributed by atoms with Crippen LogP contribution in [0.15, 0.2) is 30.3 Å². The van der Waals surface area contributed by atoms with Crippen molar-refractivity contribution in [3.05, 3.63) is 35.9 Å². The van der Waals surface area contributed by atoms with E-state index in [1.54, 1.807) is 11.9 Å². The van der Waals surface area contributed by atoms with Crippen molar-refractivity contribution in [2.75, 3.05) is 20.2 Å². The van der Waals surface area contributed by atoms with Gasteiger partial charge in [-0.25, -0.2) is 0 Å². The van der Waals surface area contributed by atoms with E-state index in [1.165, 1.54) is 0 Å². The number of unbranched alkanes of at least 4 members (excludes halogenated alkanes) is 2. The van der Waals surface area contributed by atoms with Crippen LogP contribution in [0.4, 0.5) is 0 Å². The molecule has 0 spiro atoms. The largest absolute Gasteiger partial charge is 0.396 e. The summed E-state index contributed by atoms with van der Waals surface area (Å²) in [7, 11) is 1.73. The molecule has 0 radical (unpaired) electrons. The number of amides is 1. The molecule has 0 saturated heterocycles. The number of nitrogens with zero attached hydrogens (tertiary/aromatic N) is 2. The van der Waals surface area contributed by atoms with Crippen LogP contribution in [0, 0.1) is 17.2 Å². The number of carbonyl (C=O) groups excluding carboxylic acids is 1. The van der Waals surface area contributed by atoms with Crippen molar-refractivity contribution in [3.8, 4) is 6.07 Å². The maximum Gasteiger partial charge on any atom is 0.240 e. The van der Waals surface area contributed by atoms with Crippen LogP contribution in [-0.2, 0) is 11.2 Å². The molecular weight excluding hydrogens is 252 g/mol. The van der Waals surface area contributed by atoms with E-state index in [-0.39, 0.29) is 12.5 Å². The number of nitriles is 1. The summed E-state index contributed by atoms with van der Waals surface area (Å²) in [5.41, 5.74) is 1.00. The Hall–Kier alpha value is -1.86. The third-order valence-electron chi connectivity index (χ3n) is 3.26. The molecule has 1 aromatic rings. The highest BCUT2D eigenvalue weighted by Crippen LogP contribution is 2.11. The summed E-state index contributed by atoms with van der Waals surface area (Å²) >= 11 is 0. The molecule has 20 heavy (non-hydrogen) atoms. The SMILES string of the molecule is CN(CCCCCO)C(=O)C(C#N)Cc1ccccc1. The van der Waals surface area contributed by atoms with Crippen molar-refractivity contribution in [2.24, 2.45) is 5.92 Å². The summed E-state index contributed by atoms with van der Waals surface area (Å²) in [6.45, 7) is 0.818. The van der Waals surface area contributed by atoms with Gasteiger partial charge in [0.1, 0.15) is 5.92 Å². The van der Waals surface area contributed by atoms with E-state index in [0.717, 1.165) is 24.8 Å². The zero-order chi connectivity index (χ0) is 14.8. The molecular formula is C16H22N2O2. The van der Waals surface area contributed by atoms with E-state index >= 15 is 0 Å². The Labute approximate surface area is 120 Å². The van der Waals surface area contributed by atoms with Gasteiger partial charge in [-0.05, 0) is 31.2 Å². The van der Waals surface area contributed by atoms with E-state index in [0.29, 0.717) is 13.0 Å². The van der Waals surface area contributed by atoms with E-state index in [2.05, 4.69) is 6.07 Å². The van der Waals surface area contributed by atoms with E-state index in [1.807, 2.05) is 30.3 Å². The molecule has 0 bridgehead atoms. The number of hydrogen-bond donors (Lipinski definition) is 1. The molecule has 1 amide bonds. The van der Waals surface area contributed by atoms with Gasteiger partial charge in [0.2, 0.25) is 5.91 Å². The molecule has 0 aliphatic carbocycles. The predicted octanol–water partition coefficient (Wildman–Crippen LogP) is 1.99. The van der Waals surface area contributed by atoms with Crippen molar-refractivity contribution in [1.29, 1.82) is 5.26 Å². The Morgan fingerprint density at radius 2 is 2.00 bits per heavy atom. The van der Waals surface area contributed by atoms with Crippen molar-refractivity contribution in [2.45, 2.75) is 25.7 Å². The summed E-state index contributed by atoms with van der Waals surface area (Å²) in [6, 6.07) is 11.7. The summed E-state index contributed by atoms with van der Waals surface area (Å²) in [5, 5.41) is 17.9. The van der Waals surface area contributed by atoms with Crippen LogP contribution in [0.3, 0.4) is 0 Å². The highest BCUT2D eigenvalue weighted by Gasteiger charge is 2.21. The Morgan fingerprint density at radius 3 is 2.60 bits per heavy atom. The standard InChI is InChI=1S/C16H22N2O2/c1-18(10-6-3-7-11-19)16(20)15(13-17)12-14-8-4-2-5-9-14/h2,4-5,8-9,15,19H,3,6-7,10-12H2,1H3. The van der Waals surface area contributed by atoms with Crippen LogP contribution in [-0.4, -0.2) is 36.1 Å². The fourth-order valence-corrected chi connectivity index (χ4v) is 2.05. The van der Waals surface area contributed by atoms with Gasteiger partial charge in [-0.3, -0.25) is 4.79 Å². The first kappa shape index (κ1) is 16.2. The molecule has 1 unspecified atom stereocenters. The fraction of sp³-hybridized carbons (Fsp3) is 0.500. The maximum absolute atomic E-state index is 12.2. The first-order valence-electron chi connectivity index (χ1n) is 6.98. The zero-order valence-electron chi connectivity index (χ0n) is 12.0. The van der Waals surface area contributed by atoms with Gasteiger partial charge in [-0.2, -0.15) is 5.26 Å². The monoisotopic (exact) mass is 274 g/mol. The number of hydrogen-bond acceptors (Lipinski definition) is 3. The second-order valence-electron chi connectivity index (χ2n) is 4.92. The third-order valence-corrected chi connectivity index (χ3v) is 3.26. The molecule has 1 N–H and O–H groups in total. The first-order chi connectivity index (χ1) is 9.69. The molecule has 108 valence electrons. The van der Waals surface area contributed by atoms with Crippen molar-refractivity contribution in [3.63, 3.8) is 0 Å². The molecule has 4 heteroatoms. The molecule has 1 atom stereocenters. The molecule has 1 rings (SSSR count). The fourth-order valence-electron chi connectivity index (χ4n) is 2.05. The Bertz CT molecular complexity index is 440. The molecule has 4 nitrogen and oxygen atoms in total. The highest BCUT2D eigenvalue weighted by atomic mass is 16.2. The first-order valence-corrected chi connectivity index (χ1v) is 6.98. The maximum atomic E-state index is 12.2. The van der Waals surface area contributed by atoms with Gasteiger partial charge in [-0.15, -0.1) is 0 Å². The van der Waals surface area contributed by atoms with Gasteiger partial charge in [0, 0.05) is 20.2 Å². The predicted molar refractivity (Wildman–Crippen MR) is 77.8 cm³/mol. The lowest BCUT2D eigenvalue weighted by Gasteiger charge is -2.20. The van der Waals surface area contributed by atoms with Gasteiger partial charge in [0.25, 0.3) is 0 Å². The molecule has 0 aromatic heterocycles. The number of benzene rings is 1. The van der Waals surface area contributed by atoms with Crippen LogP contribution < -0.4 is 0 Å². The van der Waals surface area contributed by atoms with Crippen LogP contribution in [0.25, 0.3) is 0 Å². The van der Waals surface area contributed by atoms with E-state index in [9.17, 15) is 10.1 Å². The number of rotatable bonds is 8. The number of aliphatic hydroxyl groups is 1. The normalized spacial score (nSPS) is 11.7. The van der Waals surface area contributed by atoms with E-state index < -0.39 is 5.92 Å². The second-order valence-corrected chi connectivity index (χ2v) is 4.92. The third kappa shape index (κ3) is 5.41. The molecule has 1 aromatic carbocycles. The molecule has 0 aliphatic heterocycles. The average molecular weight is 274 g/mol. The average Bonchev–Trinajstić information content (AvgIpc) is 2.49. The topological polar surface area (TPSA) is 64.3 Å². The van der Waals surface area contributed by atoms with E-state index in [4.69, 9.17) is 5.11 Å². The Balaban J connectivity index is 2.48. The molecule has 0 fully saturated rings. The number of aliphatic hydroxyl groups excluding tert-OH is 1. The van der Waals surface area contributed by atoms with Gasteiger partial charge in [0.15, 0.2) is 0 Å². The number of carbonyl (C=O) groups is 1. The lowest BCUT2D eigenvalue weighted by Crippen LogP contribution is -2.34. The molecule has 0 aliphatic rings. The highest BCUT2D eigenvalue weighted by molar-refractivity contribution is 5.81. The van der Waals surface area contributed by atoms with Crippen LogP contribution in [0.1, 0.15) is 24.8 Å². The lowest BCUT2D eigenvalue weighted by atomic mass is 9.99. The minimum Gasteiger partial charge on any atom is -0.396 e. The Morgan fingerprint density at radius 1 is 1.30 bits per heavy atom. The van der Waals surface area contributed by atoms with Crippen molar-refractivity contribution in [1.82, 2.24) is 4.90 Å². The smallest absolute Gasteiger partial charge is 0.240 e. The molecule has 0 saturated carbocycles.